The van der Waals surface area contributed by atoms with Gasteiger partial charge in [-0.05, 0) is 29.8 Å². The minimum absolute atomic E-state index is 0.477. The number of hydrogen-bond donors (Lipinski definition) is 0. The maximum absolute atomic E-state index is 12.8. The van der Waals surface area contributed by atoms with Crippen molar-refractivity contribution in [2.45, 2.75) is 0 Å². The van der Waals surface area contributed by atoms with Gasteiger partial charge in [0.15, 0.2) is 0 Å². The molecule has 1 aromatic carbocycles. The Bertz CT molecular complexity index is 1400. The maximum atomic E-state index is 12.8. The molecule has 1 fully saturated rings. The number of anilines is 1. The summed E-state index contributed by atoms with van der Waals surface area (Å²) in [6.45, 7) is 2.78. The Kier molecular flexibility index (Phi) is 5.52. The standard InChI is InChI=1S/C22H23N7O3S/c1-27(2)33(30,31)29-14-18(21(26-29)20-5-3-4-8-23-20)16-6-7-19-17(13-16)22(25-15-24-19)28-9-11-32-12-10-28/h3-8,13-15H,9-12H2,1-2H3. The summed E-state index contributed by atoms with van der Waals surface area (Å²) in [7, 11) is -0.855. The highest BCUT2D eigenvalue weighted by atomic mass is 32.2. The molecular weight excluding hydrogens is 442 g/mol. The smallest absolute Gasteiger partial charge is 0.322 e. The number of morpholine rings is 1. The van der Waals surface area contributed by atoms with Gasteiger partial charge in [0.25, 0.3) is 0 Å². The largest absolute Gasteiger partial charge is 0.378 e. The summed E-state index contributed by atoms with van der Waals surface area (Å²) < 4.78 is 33.2. The first-order valence-electron chi connectivity index (χ1n) is 10.5. The van der Waals surface area contributed by atoms with E-state index in [0.717, 1.165) is 43.8 Å². The molecule has 33 heavy (non-hydrogen) atoms. The summed E-state index contributed by atoms with van der Waals surface area (Å²) in [6, 6.07) is 11.3. The fourth-order valence-electron chi connectivity index (χ4n) is 3.78. The molecule has 1 saturated heterocycles. The minimum Gasteiger partial charge on any atom is -0.378 e. The van der Waals surface area contributed by atoms with Crippen LogP contribution in [0.2, 0.25) is 0 Å². The van der Waals surface area contributed by atoms with Crippen LogP contribution in [0.1, 0.15) is 0 Å². The van der Waals surface area contributed by atoms with Gasteiger partial charge in [-0.25, -0.2) is 9.97 Å². The van der Waals surface area contributed by atoms with Gasteiger partial charge >= 0.3 is 10.2 Å². The first-order chi connectivity index (χ1) is 15.9. The van der Waals surface area contributed by atoms with Gasteiger partial charge in [-0.1, -0.05) is 12.1 Å². The van der Waals surface area contributed by atoms with Gasteiger partial charge in [-0.3, -0.25) is 4.98 Å². The molecule has 0 saturated carbocycles. The van der Waals surface area contributed by atoms with Gasteiger partial charge in [-0.2, -0.15) is 21.9 Å². The Balaban J connectivity index is 1.70. The van der Waals surface area contributed by atoms with Crippen molar-refractivity contribution in [1.82, 2.24) is 28.4 Å². The summed E-state index contributed by atoms with van der Waals surface area (Å²) in [4.78, 5) is 15.5. The molecule has 3 aromatic heterocycles. The first-order valence-corrected chi connectivity index (χ1v) is 11.9. The number of benzene rings is 1. The third-order valence-electron chi connectivity index (χ3n) is 5.53. The van der Waals surface area contributed by atoms with Crippen molar-refractivity contribution in [3.05, 3.63) is 55.1 Å². The molecule has 4 heterocycles. The van der Waals surface area contributed by atoms with E-state index in [0.29, 0.717) is 30.2 Å². The number of fused-ring (bicyclic) bond motifs is 1. The van der Waals surface area contributed by atoms with Crippen molar-refractivity contribution in [2.24, 2.45) is 0 Å². The Hall–Kier alpha value is -3.41. The van der Waals surface area contributed by atoms with E-state index < -0.39 is 10.2 Å². The van der Waals surface area contributed by atoms with E-state index in [4.69, 9.17) is 4.74 Å². The molecule has 1 aliphatic heterocycles. The number of nitrogens with zero attached hydrogens (tertiary/aromatic N) is 7. The molecule has 0 radical (unpaired) electrons. The Labute approximate surface area is 191 Å². The van der Waals surface area contributed by atoms with Gasteiger partial charge in [-0.15, -0.1) is 0 Å². The quantitative estimate of drug-likeness (QED) is 0.441. The van der Waals surface area contributed by atoms with E-state index in [2.05, 4.69) is 25.0 Å². The third-order valence-corrected chi connectivity index (χ3v) is 7.12. The van der Waals surface area contributed by atoms with Crippen molar-refractivity contribution in [1.29, 1.82) is 0 Å². The number of aromatic nitrogens is 5. The average Bonchev–Trinajstić information content (AvgIpc) is 3.31. The van der Waals surface area contributed by atoms with Gasteiger partial charge in [0, 0.05) is 44.3 Å². The van der Waals surface area contributed by atoms with E-state index in [9.17, 15) is 8.42 Å². The van der Waals surface area contributed by atoms with Crippen LogP contribution in [0, 0.1) is 0 Å². The highest BCUT2D eigenvalue weighted by Gasteiger charge is 2.23. The molecule has 5 rings (SSSR count). The van der Waals surface area contributed by atoms with Gasteiger partial charge in [0.2, 0.25) is 0 Å². The monoisotopic (exact) mass is 465 g/mol. The molecule has 10 nitrogen and oxygen atoms in total. The second-order valence-corrected chi connectivity index (χ2v) is 9.80. The summed E-state index contributed by atoms with van der Waals surface area (Å²) in [5.74, 6) is 0.831. The predicted octanol–water partition coefficient (Wildman–Crippen LogP) is 2.05. The molecule has 0 amide bonds. The lowest BCUT2D eigenvalue weighted by atomic mass is 10.0. The number of rotatable bonds is 5. The summed E-state index contributed by atoms with van der Waals surface area (Å²) in [5, 5.41) is 5.29. The Morgan fingerprint density at radius 2 is 1.85 bits per heavy atom. The van der Waals surface area contributed by atoms with Crippen molar-refractivity contribution in [2.75, 3.05) is 45.3 Å². The number of ether oxygens (including phenoxy) is 1. The molecule has 11 heteroatoms. The van der Waals surface area contributed by atoms with Crippen molar-refractivity contribution in [3.63, 3.8) is 0 Å². The van der Waals surface area contributed by atoms with E-state index in [-0.39, 0.29) is 0 Å². The van der Waals surface area contributed by atoms with Crippen LogP contribution in [0.5, 0.6) is 0 Å². The number of pyridine rings is 1. The zero-order chi connectivity index (χ0) is 23.0. The predicted molar refractivity (Wildman–Crippen MR) is 125 cm³/mol. The van der Waals surface area contributed by atoms with Crippen LogP contribution in [0.3, 0.4) is 0 Å². The second kappa shape index (κ2) is 8.50. The van der Waals surface area contributed by atoms with E-state index >= 15 is 0 Å². The topological polar surface area (TPSA) is 106 Å². The highest BCUT2D eigenvalue weighted by Crippen LogP contribution is 2.34. The second-order valence-electron chi connectivity index (χ2n) is 7.80. The molecule has 0 atom stereocenters. The third kappa shape index (κ3) is 3.94. The van der Waals surface area contributed by atoms with Crippen molar-refractivity contribution >= 4 is 26.9 Å². The molecular formula is C22H23N7O3S. The van der Waals surface area contributed by atoms with Crippen LogP contribution in [0.15, 0.2) is 55.1 Å². The van der Waals surface area contributed by atoms with E-state index in [1.54, 1.807) is 18.6 Å². The van der Waals surface area contributed by atoms with Crippen LogP contribution in [0.4, 0.5) is 5.82 Å². The zero-order valence-electron chi connectivity index (χ0n) is 18.3. The normalized spacial score (nSPS) is 14.8. The molecule has 0 aliphatic carbocycles. The molecule has 0 bridgehead atoms. The molecule has 1 aliphatic rings. The molecule has 0 unspecified atom stereocenters. The van der Waals surface area contributed by atoms with E-state index in [1.807, 2.05) is 30.3 Å². The lowest BCUT2D eigenvalue weighted by molar-refractivity contribution is 0.122. The fourth-order valence-corrected chi connectivity index (χ4v) is 4.54. The van der Waals surface area contributed by atoms with Crippen molar-refractivity contribution in [3.8, 4) is 22.5 Å². The van der Waals surface area contributed by atoms with Crippen LogP contribution in [0.25, 0.3) is 33.4 Å². The van der Waals surface area contributed by atoms with E-state index in [1.165, 1.54) is 20.3 Å². The summed E-state index contributed by atoms with van der Waals surface area (Å²) in [5.41, 5.74) is 3.32. The van der Waals surface area contributed by atoms with Gasteiger partial charge in [0.05, 0.1) is 30.6 Å². The summed E-state index contributed by atoms with van der Waals surface area (Å²) >= 11 is 0. The molecule has 0 spiro atoms. The minimum atomic E-state index is -3.80. The molecule has 4 aromatic rings. The SMILES string of the molecule is CN(C)S(=O)(=O)n1cc(-c2ccc3ncnc(N4CCOCC4)c3c2)c(-c2ccccn2)n1. The van der Waals surface area contributed by atoms with Crippen LogP contribution in [-0.4, -0.2) is 77.3 Å². The van der Waals surface area contributed by atoms with Crippen LogP contribution >= 0.6 is 0 Å². The van der Waals surface area contributed by atoms with Crippen LogP contribution in [-0.2, 0) is 14.9 Å². The lowest BCUT2D eigenvalue weighted by Gasteiger charge is -2.28. The Morgan fingerprint density at radius 3 is 2.58 bits per heavy atom. The lowest BCUT2D eigenvalue weighted by Crippen LogP contribution is -2.36. The van der Waals surface area contributed by atoms with Crippen LogP contribution < -0.4 is 4.90 Å². The molecule has 170 valence electrons. The molecule has 0 N–H and O–H groups in total. The summed E-state index contributed by atoms with van der Waals surface area (Å²) in [6.07, 6.45) is 4.75. The van der Waals surface area contributed by atoms with Gasteiger partial charge in [0.1, 0.15) is 17.8 Å². The highest BCUT2D eigenvalue weighted by molar-refractivity contribution is 7.87. The zero-order valence-corrected chi connectivity index (χ0v) is 19.1. The average molecular weight is 466 g/mol. The van der Waals surface area contributed by atoms with Crippen molar-refractivity contribution < 1.29 is 13.2 Å². The maximum Gasteiger partial charge on any atom is 0.322 e. The fraction of sp³-hybridized carbons (Fsp3) is 0.273. The number of hydrogen-bond acceptors (Lipinski definition) is 8. The van der Waals surface area contributed by atoms with Gasteiger partial charge < -0.3 is 9.64 Å². The first kappa shape index (κ1) is 21.4. The Morgan fingerprint density at radius 1 is 1.03 bits per heavy atom.